The van der Waals surface area contributed by atoms with Gasteiger partial charge in [0, 0.05) is 7.05 Å². The largest absolute Gasteiger partial charge is 0.467 e. The Morgan fingerprint density at radius 3 is 2.38 bits per heavy atom. The third-order valence-electron chi connectivity index (χ3n) is 2.09. The number of hydrogen-bond donors (Lipinski definition) is 0. The van der Waals surface area contributed by atoms with Gasteiger partial charge in [0.15, 0.2) is 5.82 Å². The third kappa shape index (κ3) is 1.86. The minimum Gasteiger partial charge on any atom is -0.467 e. The van der Waals surface area contributed by atoms with E-state index in [1.165, 1.54) is 11.8 Å². The van der Waals surface area contributed by atoms with E-state index in [9.17, 15) is 0 Å². The number of rotatable bonds is 2. The van der Waals surface area contributed by atoms with E-state index in [2.05, 4.69) is 10.1 Å². The lowest BCUT2D eigenvalue weighted by Crippen LogP contribution is -1.95. The van der Waals surface area contributed by atoms with Crippen molar-refractivity contribution in [1.29, 1.82) is 0 Å². The van der Waals surface area contributed by atoms with Gasteiger partial charge in [-0.1, -0.05) is 29.3 Å². The van der Waals surface area contributed by atoms with Gasteiger partial charge in [0.1, 0.15) is 0 Å². The first-order valence-electron chi connectivity index (χ1n) is 4.53. The first-order chi connectivity index (χ1) is 7.63. The molecule has 0 spiro atoms. The molecule has 84 valence electrons. The predicted octanol–water partition coefficient (Wildman–Crippen LogP) is 2.80. The maximum atomic E-state index is 6.05. The Hall–Kier alpha value is -1.26. The number of ether oxygens (including phenoxy) is 1. The first-order valence-corrected chi connectivity index (χ1v) is 5.28. The van der Waals surface area contributed by atoms with Crippen LogP contribution in [0, 0.1) is 0 Å². The average Bonchev–Trinajstić information content (AvgIpc) is 2.59. The van der Waals surface area contributed by atoms with Crippen LogP contribution >= 0.6 is 23.2 Å². The molecule has 0 aliphatic carbocycles. The highest BCUT2D eigenvalue weighted by molar-refractivity contribution is 6.38. The van der Waals surface area contributed by atoms with Crippen LogP contribution < -0.4 is 4.74 Å². The highest BCUT2D eigenvalue weighted by Crippen LogP contribution is 2.33. The van der Waals surface area contributed by atoms with Crippen LogP contribution in [-0.2, 0) is 7.05 Å². The van der Waals surface area contributed by atoms with Crippen molar-refractivity contribution in [3.05, 3.63) is 28.2 Å². The minimum absolute atomic E-state index is 0.408. The van der Waals surface area contributed by atoms with Crippen LogP contribution in [0.2, 0.25) is 10.0 Å². The molecule has 4 nitrogen and oxygen atoms in total. The number of aryl methyl sites for hydroxylation is 1. The minimum atomic E-state index is 0.408. The number of aromatic nitrogens is 3. The van der Waals surface area contributed by atoms with Crippen molar-refractivity contribution in [2.24, 2.45) is 7.05 Å². The maximum absolute atomic E-state index is 6.05. The Kier molecular flexibility index (Phi) is 3.03. The van der Waals surface area contributed by atoms with Crippen LogP contribution in [0.4, 0.5) is 0 Å². The van der Waals surface area contributed by atoms with Crippen LogP contribution in [-0.4, -0.2) is 21.9 Å². The molecule has 16 heavy (non-hydrogen) atoms. The molecular formula is C10H9Cl2N3O. The zero-order valence-electron chi connectivity index (χ0n) is 8.74. The molecule has 0 unspecified atom stereocenters. The zero-order chi connectivity index (χ0) is 11.7. The second kappa shape index (κ2) is 4.31. The van der Waals surface area contributed by atoms with Crippen LogP contribution in [0.5, 0.6) is 6.01 Å². The second-order valence-corrected chi connectivity index (χ2v) is 3.96. The summed E-state index contributed by atoms with van der Waals surface area (Å²) in [5.74, 6) is 0.454. The maximum Gasteiger partial charge on any atom is 0.314 e. The standard InChI is InChI=1S/C10H9Cl2N3O/c1-15-10(16-2)13-9(14-15)8-6(11)4-3-5-7(8)12/h3-5H,1-2H3. The molecule has 0 fully saturated rings. The summed E-state index contributed by atoms with van der Waals surface area (Å²) in [5.41, 5.74) is 0.615. The quantitative estimate of drug-likeness (QED) is 0.831. The summed E-state index contributed by atoms with van der Waals surface area (Å²) >= 11 is 12.1. The molecule has 0 aliphatic heterocycles. The van der Waals surface area contributed by atoms with Crippen molar-refractivity contribution in [2.45, 2.75) is 0 Å². The van der Waals surface area contributed by atoms with Gasteiger partial charge in [-0.3, -0.25) is 0 Å². The SMILES string of the molecule is COc1nc(-c2c(Cl)cccc2Cl)nn1C. The Bertz CT molecular complexity index is 505. The van der Waals surface area contributed by atoms with E-state index < -0.39 is 0 Å². The molecule has 1 aromatic heterocycles. The molecule has 2 rings (SSSR count). The molecule has 0 N–H and O–H groups in total. The summed E-state index contributed by atoms with van der Waals surface area (Å²) in [5, 5.41) is 5.21. The van der Waals surface area contributed by atoms with E-state index in [1.807, 2.05) is 0 Å². The Labute approximate surface area is 103 Å². The fourth-order valence-corrected chi connectivity index (χ4v) is 1.93. The molecular weight excluding hydrogens is 249 g/mol. The lowest BCUT2D eigenvalue weighted by molar-refractivity contribution is 0.359. The molecule has 0 bridgehead atoms. The van der Waals surface area contributed by atoms with Crippen LogP contribution in [0.15, 0.2) is 18.2 Å². The second-order valence-electron chi connectivity index (χ2n) is 3.14. The van der Waals surface area contributed by atoms with Gasteiger partial charge in [-0.2, -0.15) is 4.98 Å². The van der Waals surface area contributed by atoms with Crippen molar-refractivity contribution in [3.8, 4) is 17.4 Å². The fourth-order valence-electron chi connectivity index (χ4n) is 1.37. The van der Waals surface area contributed by atoms with Crippen LogP contribution in [0.3, 0.4) is 0 Å². The van der Waals surface area contributed by atoms with Crippen LogP contribution in [0.1, 0.15) is 0 Å². The molecule has 0 saturated carbocycles. The van der Waals surface area contributed by atoms with Crippen LogP contribution in [0.25, 0.3) is 11.4 Å². The molecule has 0 amide bonds. The summed E-state index contributed by atoms with van der Waals surface area (Å²) < 4.78 is 6.55. The van der Waals surface area contributed by atoms with Crippen molar-refractivity contribution >= 4 is 23.2 Å². The summed E-state index contributed by atoms with van der Waals surface area (Å²) in [6.07, 6.45) is 0. The van der Waals surface area contributed by atoms with Gasteiger partial charge in [0.25, 0.3) is 0 Å². The third-order valence-corrected chi connectivity index (χ3v) is 2.72. The number of hydrogen-bond acceptors (Lipinski definition) is 3. The molecule has 0 atom stereocenters. The van der Waals surface area contributed by atoms with E-state index in [-0.39, 0.29) is 0 Å². The Balaban J connectivity index is 2.58. The lowest BCUT2D eigenvalue weighted by Gasteiger charge is -2.00. The zero-order valence-corrected chi connectivity index (χ0v) is 10.2. The molecule has 1 aromatic carbocycles. The monoisotopic (exact) mass is 257 g/mol. The average molecular weight is 258 g/mol. The number of halogens is 2. The Morgan fingerprint density at radius 2 is 1.88 bits per heavy atom. The van der Waals surface area contributed by atoms with E-state index in [0.717, 1.165) is 0 Å². The highest BCUT2D eigenvalue weighted by atomic mass is 35.5. The van der Waals surface area contributed by atoms with Gasteiger partial charge in [-0.05, 0) is 12.1 Å². The summed E-state index contributed by atoms with van der Waals surface area (Å²) in [6, 6.07) is 5.66. The number of benzene rings is 1. The van der Waals surface area contributed by atoms with Gasteiger partial charge in [0.2, 0.25) is 0 Å². The van der Waals surface area contributed by atoms with Crippen molar-refractivity contribution < 1.29 is 4.74 Å². The van der Waals surface area contributed by atoms with E-state index in [1.54, 1.807) is 25.2 Å². The number of nitrogens with zero attached hydrogens (tertiary/aromatic N) is 3. The molecule has 0 radical (unpaired) electrons. The van der Waals surface area contributed by atoms with Crippen molar-refractivity contribution in [1.82, 2.24) is 14.8 Å². The van der Waals surface area contributed by atoms with E-state index in [0.29, 0.717) is 27.4 Å². The first kappa shape index (κ1) is 11.2. The molecule has 0 saturated heterocycles. The smallest absolute Gasteiger partial charge is 0.314 e. The van der Waals surface area contributed by atoms with Gasteiger partial charge >= 0.3 is 6.01 Å². The predicted molar refractivity (Wildman–Crippen MR) is 63.0 cm³/mol. The van der Waals surface area contributed by atoms with Gasteiger partial charge in [-0.25, -0.2) is 4.68 Å². The molecule has 2 aromatic rings. The summed E-state index contributed by atoms with van der Waals surface area (Å²) in [7, 11) is 3.27. The fraction of sp³-hybridized carbons (Fsp3) is 0.200. The molecule has 0 aliphatic rings. The van der Waals surface area contributed by atoms with Gasteiger partial charge in [-0.15, -0.1) is 5.10 Å². The summed E-state index contributed by atoms with van der Waals surface area (Å²) in [4.78, 5) is 4.18. The van der Waals surface area contributed by atoms with Gasteiger partial charge in [0.05, 0.1) is 22.7 Å². The summed E-state index contributed by atoms with van der Waals surface area (Å²) in [6.45, 7) is 0. The van der Waals surface area contributed by atoms with Crippen molar-refractivity contribution in [2.75, 3.05) is 7.11 Å². The van der Waals surface area contributed by atoms with E-state index in [4.69, 9.17) is 27.9 Å². The lowest BCUT2D eigenvalue weighted by atomic mass is 10.2. The highest BCUT2D eigenvalue weighted by Gasteiger charge is 2.15. The topological polar surface area (TPSA) is 39.9 Å². The normalized spacial score (nSPS) is 10.5. The molecule has 6 heteroatoms. The van der Waals surface area contributed by atoms with Gasteiger partial charge < -0.3 is 4.74 Å². The van der Waals surface area contributed by atoms with Crippen molar-refractivity contribution in [3.63, 3.8) is 0 Å². The molecule has 1 heterocycles. The number of methoxy groups -OCH3 is 1. The van der Waals surface area contributed by atoms with E-state index >= 15 is 0 Å². The Morgan fingerprint density at radius 1 is 1.25 bits per heavy atom.